The molecule has 2 aromatic heterocycles. The second kappa shape index (κ2) is 4.69. The van der Waals surface area contributed by atoms with Gasteiger partial charge < -0.3 is 4.74 Å². The van der Waals surface area contributed by atoms with Gasteiger partial charge in [0.1, 0.15) is 15.8 Å². The summed E-state index contributed by atoms with van der Waals surface area (Å²) in [6.07, 6.45) is 5.56. The molecule has 0 bridgehead atoms. The number of ether oxygens (including phenoxy) is 1. The lowest BCUT2D eigenvalue weighted by molar-refractivity contribution is 0.185. The average Bonchev–Trinajstić information content (AvgIpc) is 3.03. The Labute approximate surface area is 121 Å². The van der Waals surface area contributed by atoms with Crippen LogP contribution in [0, 0.1) is 5.92 Å². The number of hydrogen-bond acceptors (Lipinski definition) is 4. The standard InChI is InChI=1S/C14H15ClN2OS/c15-13-12-9-2-1-3-10(9)19-14(12)17-11(16-13)6-8-4-5-18-7-8/h8H,1-7H2. The van der Waals surface area contributed by atoms with E-state index in [0.29, 0.717) is 11.1 Å². The lowest BCUT2D eigenvalue weighted by atomic mass is 10.0. The Balaban J connectivity index is 1.73. The summed E-state index contributed by atoms with van der Waals surface area (Å²) in [4.78, 5) is 11.8. The topological polar surface area (TPSA) is 35.0 Å². The monoisotopic (exact) mass is 294 g/mol. The highest BCUT2D eigenvalue weighted by molar-refractivity contribution is 7.19. The molecule has 2 aromatic rings. The van der Waals surface area contributed by atoms with E-state index in [1.165, 1.54) is 23.3 Å². The average molecular weight is 295 g/mol. The highest BCUT2D eigenvalue weighted by Crippen LogP contribution is 2.39. The third kappa shape index (κ3) is 2.06. The zero-order chi connectivity index (χ0) is 12.8. The summed E-state index contributed by atoms with van der Waals surface area (Å²) in [6, 6.07) is 0. The van der Waals surface area contributed by atoms with E-state index in [2.05, 4.69) is 4.98 Å². The summed E-state index contributed by atoms with van der Waals surface area (Å²) in [5.74, 6) is 1.44. The maximum atomic E-state index is 6.40. The van der Waals surface area contributed by atoms with Gasteiger partial charge in [0.15, 0.2) is 0 Å². The zero-order valence-corrected chi connectivity index (χ0v) is 12.2. The molecule has 0 amide bonds. The van der Waals surface area contributed by atoms with Gasteiger partial charge >= 0.3 is 0 Å². The molecule has 5 heteroatoms. The van der Waals surface area contributed by atoms with Crippen LogP contribution in [0.5, 0.6) is 0 Å². The minimum absolute atomic E-state index is 0.556. The molecule has 1 saturated heterocycles. The Hall–Kier alpha value is -0.710. The van der Waals surface area contributed by atoms with Crippen molar-refractivity contribution in [1.29, 1.82) is 0 Å². The van der Waals surface area contributed by atoms with E-state index in [0.717, 1.165) is 48.5 Å². The molecule has 4 rings (SSSR count). The van der Waals surface area contributed by atoms with Crippen molar-refractivity contribution in [1.82, 2.24) is 9.97 Å². The fourth-order valence-corrected chi connectivity index (χ4v) is 4.72. The highest BCUT2D eigenvalue weighted by atomic mass is 35.5. The van der Waals surface area contributed by atoms with E-state index in [-0.39, 0.29) is 0 Å². The third-order valence-electron chi connectivity index (χ3n) is 4.06. The minimum atomic E-state index is 0.556. The molecule has 100 valence electrons. The van der Waals surface area contributed by atoms with Crippen molar-refractivity contribution in [2.45, 2.75) is 32.1 Å². The Morgan fingerprint density at radius 1 is 1.32 bits per heavy atom. The maximum Gasteiger partial charge on any atom is 0.141 e. The van der Waals surface area contributed by atoms with Crippen molar-refractivity contribution in [2.75, 3.05) is 13.2 Å². The van der Waals surface area contributed by atoms with Crippen molar-refractivity contribution in [3.8, 4) is 0 Å². The molecule has 1 aliphatic carbocycles. The summed E-state index contributed by atoms with van der Waals surface area (Å²) in [5.41, 5.74) is 1.40. The van der Waals surface area contributed by atoms with Crippen LogP contribution in [0.15, 0.2) is 0 Å². The number of rotatable bonds is 2. The van der Waals surface area contributed by atoms with Crippen molar-refractivity contribution in [3.63, 3.8) is 0 Å². The normalized spacial score (nSPS) is 22.3. The second-order valence-electron chi connectivity index (χ2n) is 5.40. The molecule has 0 N–H and O–H groups in total. The van der Waals surface area contributed by atoms with Crippen LogP contribution in [0.25, 0.3) is 10.2 Å². The number of thiophene rings is 1. The smallest absolute Gasteiger partial charge is 0.141 e. The second-order valence-corrected chi connectivity index (χ2v) is 6.84. The van der Waals surface area contributed by atoms with E-state index in [1.54, 1.807) is 11.3 Å². The van der Waals surface area contributed by atoms with E-state index in [9.17, 15) is 0 Å². The summed E-state index contributed by atoms with van der Waals surface area (Å²) in [6.45, 7) is 1.70. The molecular weight excluding hydrogens is 280 g/mol. The van der Waals surface area contributed by atoms with Gasteiger partial charge in [-0.3, -0.25) is 0 Å². The van der Waals surface area contributed by atoms with Gasteiger partial charge in [-0.05, 0) is 37.2 Å². The van der Waals surface area contributed by atoms with Gasteiger partial charge in [-0.2, -0.15) is 0 Å². The fraction of sp³-hybridized carbons (Fsp3) is 0.571. The van der Waals surface area contributed by atoms with Crippen LogP contribution in [0.1, 0.15) is 29.1 Å². The highest BCUT2D eigenvalue weighted by Gasteiger charge is 2.23. The molecule has 3 nitrogen and oxygen atoms in total. The van der Waals surface area contributed by atoms with E-state index in [1.807, 2.05) is 0 Å². The van der Waals surface area contributed by atoms with Crippen LogP contribution in [0.3, 0.4) is 0 Å². The number of aromatic nitrogens is 2. The fourth-order valence-electron chi connectivity index (χ4n) is 3.09. The lowest BCUT2D eigenvalue weighted by Crippen LogP contribution is -2.07. The van der Waals surface area contributed by atoms with Crippen LogP contribution >= 0.6 is 22.9 Å². The molecule has 1 unspecified atom stereocenters. The molecule has 1 atom stereocenters. The molecule has 2 aliphatic rings. The van der Waals surface area contributed by atoms with Crippen molar-refractivity contribution in [2.24, 2.45) is 5.92 Å². The SMILES string of the molecule is Clc1nc(CC2CCOC2)nc2sc3c(c12)CCC3. The Morgan fingerprint density at radius 3 is 3.11 bits per heavy atom. The first-order valence-electron chi connectivity index (χ1n) is 6.85. The summed E-state index contributed by atoms with van der Waals surface area (Å²) in [7, 11) is 0. The number of halogens is 1. The first kappa shape index (κ1) is 12.1. The summed E-state index contributed by atoms with van der Waals surface area (Å²) < 4.78 is 5.41. The Bertz CT molecular complexity index is 634. The number of hydrogen-bond donors (Lipinski definition) is 0. The van der Waals surface area contributed by atoms with Gasteiger partial charge in [-0.1, -0.05) is 11.6 Å². The summed E-state index contributed by atoms with van der Waals surface area (Å²) in [5, 5.41) is 1.77. The zero-order valence-electron chi connectivity index (χ0n) is 10.6. The molecule has 0 saturated carbocycles. The van der Waals surface area contributed by atoms with Crippen LogP contribution in [0.2, 0.25) is 5.15 Å². The lowest BCUT2D eigenvalue weighted by Gasteiger charge is -2.07. The molecule has 1 aliphatic heterocycles. The first-order valence-corrected chi connectivity index (χ1v) is 8.05. The third-order valence-corrected chi connectivity index (χ3v) is 5.52. The molecule has 3 heterocycles. The predicted octanol–water partition coefficient (Wildman–Crippen LogP) is 3.41. The summed E-state index contributed by atoms with van der Waals surface area (Å²) >= 11 is 8.20. The number of aryl methyl sites for hydroxylation is 2. The molecular formula is C14H15ClN2OS. The molecule has 0 aromatic carbocycles. The van der Waals surface area contributed by atoms with Crippen molar-refractivity contribution in [3.05, 3.63) is 21.4 Å². The molecule has 0 radical (unpaired) electrons. The quantitative estimate of drug-likeness (QED) is 0.796. The molecule has 0 spiro atoms. The van der Waals surface area contributed by atoms with E-state index < -0.39 is 0 Å². The van der Waals surface area contributed by atoms with Gasteiger partial charge in [-0.15, -0.1) is 11.3 Å². The van der Waals surface area contributed by atoms with Crippen molar-refractivity contribution < 1.29 is 4.74 Å². The number of fused-ring (bicyclic) bond motifs is 3. The maximum absolute atomic E-state index is 6.40. The van der Waals surface area contributed by atoms with Crippen LogP contribution in [-0.4, -0.2) is 23.2 Å². The van der Waals surface area contributed by atoms with Gasteiger partial charge in [0.2, 0.25) is 0 Å². The van der Waals surface area contributed by atoms with E-state index in [4.69, 9.17) is 21.3 Å². The van der Waals surface area contributed by atoms with Gasteiger partial charge in [0.05, 0.1) is 5.39 Å². The Kier molecular flexibility index (Phi) is 2.98. The number of nitrogens with zero attached hydrogens (tertiary/aromatic N) is 2. The van der Waals surface area contributed by atoms with E-state index >= 15 is 0 Å². The largest absolute Gasteiger partial charge is 0.381 e. The van der Waals surface area contributed by atoms with Crippen molar-refractivity contribution >= 4 is 33.2 Å². The molecule has 19 heavy (non-hydrogen) atoms. The van der Waals surface area contributed by atoms with Gasteiger partial charge in [0, 0.05) is 24.5 Å². The van der Waals surface area contributed by atoms with Crippen LogP contribution < -0.4 is 0 Å². The van der Waals surface area contributed by atoms with Gasteiger partial charge in [-0.25, -0.2) is 9.97 Å². The predicted molar refractivity (Wildman–Crippen MR) is 77.1 cm³/mol. The first-order chi connectivity index (χ1) is 9.31. The van der Waals surface area contributed by atoms with Crippen LogP contribution in [0.4, 0.5) is 0 Å². The van der Waals surface area contributed by atoms with Crippen LogP contribution in [-0.2, 0) is 24.0 Å². The minimum Gasteiger partial charge on any atom is -0.381 e. The molecule has 1 fully saturated rings. The van der Waals surface area contributed by atoms with Gasteiger partial charge in [0.25, 0.3) is 0 Å². The Morgan fingerprint density at radius 2 is 2.26 bits per heavy atom.